The van der Waals surface area contributed by atoms with Crippen LogP contribution in [0.25, 0.3) is 5.69 Å². The summed E-state index contributed by atoms with van der Waals surface area (Å²) in [6.07, 6.45) is 1.48. The largest absolute Gasteiger partial charge is 0.464 e. The van der Waals surface area contributed by atoms with Gasteiger partial charge in [0.1, 0.15) is 6.07 Å². The van der Waals surface area contributed by atoms with Gasteiger partial charge in [0.05, 0.1) is 24.0 Å². The quantitative estimate of drug-likeness (QED) is 0.810. The molecule has 1 aliphatic heterocycles. The molecule has 122 valence electrons. The van der Waals surface area contributed by atoms with Crippen molar-refractivity contribution >= 4 is 23.4 Å². The number of nitrogen functional groups attached to an aromatic ring is 1. The van der Waals surface area contributed by atoms with Gasteiger partial charge in [0.2, 0.25) is 0 Å². The number of esters is 1. The summed E-state index contributed by atoms with van der Waals surface area (Å²) in [5.41, 5.74) is 8.49. The maximum atomic E-state index is 12.1. The van der Waals surface area contributed by atoms with E-state index in [4.69, 9.17) is 15.7 Å². The van der Waals surface area contributed by atoms with Crippen molar-refractivity contribution in [3.8, 4) is 11.8 Å². The van der Waals surface area contributed by atoms with Crippen molar-refractivity contribution in [2.45, 2.75) is 6.54 Å². The van der Waals surface area contributed by atoms with E-state index in [1.807, 2.05) is 12.1 Å². The molecular weight excluding hydrogens is 310 g/mol. The number of ether oxygens (including phenoxy) is 1. The molecule has 0 bridgehead atoms. The van der Waals surface area contributed by atoms with Crippen LogP contribution >= 0.6 is 0 Å². The summed E-state index contributed by atoms with van der Waals surface area (Å²) in [6.45, 7) is 0.430. The van der Waals surface area contributed by atoms with Crippen LogP contribution in [0.2, 0.25) is 0 Å². The van der Waals surface area contributed by atoms with E-state index in [9.17, 15) is 9.59 Å². The molecule has 0 saturated carbocycles. The van der Waals surface area contributed by atoms with E-state index in [-0.39, 0.29) is 23.0 Å². The molecule has 0 spiro atoms. The topological polar surface area (TPSA) is 113 Å². The molecule has 0 radical (unpaired) electrons. The predicted octanol–water partition coefficient (Wildman–Crippen LogP) is 1.38. The fourth-order valence-electron chi connectivity index (χ4n) is 2.68. The third-order valence-electron chi connectivity index (χ3n) is 3.99. The summed E-state index contributed by atoms with van der Waals surface area (Å²) in [7, 11) is 2.90. The molecule has 8 heteroatoms. The highest BCUT2D eigenvalue weighted by atomic mass is 16.5. The highest BCUT2D eigenvalue weighted by Gasteiger charge is 2.24. The number of carbonyl (C=O) groups is 2. The Morgan fingerprint density at radius 2 is 2.21 bits per heavy atom. The second-order valence-corrected chi connectivity index (χ2v) is 5.31. The van der Waals surface area contributed by atoms with Crippen LogP contribution < -0.4 is 16.0 Å². The smallest absolute Gasteiger partial charge is 0.357 e. The molecule has 3 rings (SSSR count). The minimum atomic E-state index is -0.641. The number of nitrogens with one attached hydrogen (secondary N) is 1. The molecule has 0 fully saturated rings. The van der Waals surface area contributed by atoms with Crippen molar-refractivity contribution in [1.29, 1.82) is 5.26 Å². The van der Waals surface area contributed by atoms with Crippen LogP contribution in [0.15, 0.2) is 24.4 Å². The summed E-state index contributed by atoms with van der Waals surface area (Å²) in [6, 6.07) is 7.15. The molecule has 0 aliphatic carbocycles. The van der Waals surface area contributed by atoms with Gasteiger partial charge in [-0.05, 0) is 17.7 Å². The van der Waals surface area contributed by atoms with Gasteiger partial charge >= 0.3 is 12.0 Å². The molecule has 2 amide bonds. The second kappa shape index (κ2) is 5.62. The summed E-state index contributed by atoms with van der Waals surface area (Å²) >= 11 is 0. The molecule has 2 heterocycles. The van der Waals surface area contributed by atoms with Gasteiger partial charge in [0.15, 0.2) is 5.69 Å². The van der Waals surface area contributed by atoms with E-state index in [0.29, 0.717) is 12.2 Å². The van der Waals surface area contributed by atoms with Crippen LogP contribution in [-0.2, 0) is 11.3 Å². The molecule has 1 aromatic carbocycles. The number of fused-ring (bicyclic) bond motifs is 1. The third kappa shape index (κ3) is 2.23. The maximum absolute atomic E-state index is 12.1. The molecule has 8 nitrogen and oxygen atoms in total. The van der Waals surface area contributed by atoms with Crippen molar-refractivity contribution in [3.05, 3.63) is 41.2 Å². The lowest BCUT2D eigenvalue weighted by Crippen LogP contribution is -2.41. The number of anilines is 2. The number of amides is 2. The fraction of sp³-hybridized carbons (Fsp3) is 0.188. The zero-order valence-corrected chi connectivity index (χ0v) is 13.2. The van der Waals surface area contributed by atoms with Crippen LogP contribution in [0.3, 0.4) is 0 Å². The van der Waals surface area contributed by atoms with Gasteiger partial charge in [-0.1, -0.05) is 6.07 Å². The lowest BCUT2D eigenvalue weighted by Gasteiger charge is -2.27. The Morgan fingerprint density at radius 3 is 2.88 bits per heavy atom. The number of aromatic nitrogens is 1. The van der Waals surface area contributed by atoms with Gasteiger partial charge < -0.3 is 20.4 Å². The average molecular weight is 325 g/mol. The number of methoxy groups -OCH3 is 1. The zero-order chi connectivity index (χ0) is 17.4. The van der Waals surface area contributed by atoms with E-state index >= 15 is 0 Å². The molecule has 0 atom stereocenters. The number of nitrogens with two attached hydrogens (primary N) is 1. The molecule has 0 unspecified atom stereocenters. The minimum absolute atomic E-state index is 0.0631. The first-order valence-electron chi connectivity index (χ1n) is 7.12. The lowest BCUT2D eigenvalue weighted by atomic mass is 10.1. The standard InChI is InChI=1S/C16H15N5O3/c1-20-12-5-11(4-3-9(12)7-19-16(20)23)21-8-10(6-17)13(18)14(21)15(22)24-2/h3-5,8H,7,18H2,1-2H3,(H,19,23). The number of urea groups is 1. The van der Waals surface area contributed by atoms with Gasteiger partial charge in [0.25, 0.3) is 0 Å². The monoisotopic (exact) mass is 325 g/mol. The Bertz CT molecular complexity index is 894. The van der Waals surface area contributed by atoms with E-state index in [1.54, 1.807) is 19.2 Å². The van der Waals surface area contributed by atoms with Crippen molar-refractivity contribution in [2.24, 2.45) is 0 Å². The first kappa shape index (κ1) is 15.4. The maximum Gasteiger partial charge on any atom is 0.357 e. The predicted molar refractivity (Wildman–Crippen MR) is 86.9 cm³/mol. The van der Waals surface area contributed by atoms with Crippen LogP contribution in [-0.4, -0.2) is 30.7 Å². The number of nitrogens with zero attached hydrogens (tertiary/aromatic N) is 3. The van der Waals surface area contributed by atoms with E-state index in [1.165, 1.54) is 22.8 Å². The van der Waals surface area contributed by atoms with E-state index in [0.717, 1.165) is 11.3 Å². The zero-order valence-electron chi connectivity index (χ0n) is 13.2. The lowest BCUT2D eigenvalue weighted by molar-refractivity contribution is 0.0593. The molecule has 2 aromatic rings. The van der Waals surface area contributed by atoms with Gasteiger partial charge in [-0.15, -0.1) is 0 Å². The molecule has 24 heavy (non-hydrogen) atoms. The van der Waals surface area contributed by atoms with Gasteiger partial charge in [0, 0.05) is 25.5 Å². The van der Waals surface area contributed by atoms with Crippen LogP contribution in [0.5, 0.6) is 0 Å². The Morgan fingerprint density at radius 1 is 1.46 bits per heavy atom. The van der Waals surface area contributed by atoms with E-state index < -0.39 is 5.97 Å². The highest BCUT2D eigenvalue weighted by Crippen LogP contribution is 2.30. The van der Waals surface area contributed by atoms with Crippen LogP contribution in [0.4, 0.5) is 16.2 Å². The Balaban J connectivity index is 2.19. The molecule has 3 N–H and O–H groups in total. The molecule has 1 aromatic heterocycles. The van der Waals surface area contributed by atoms with Crippen LogP contribution in [0.1, 0.15) is 21.6 Å². The average Bonchev–Trinajstić information content (AvgIpc) is 2.94. The number of hydrogen-bond acceptors (Lipinski definition) is 5. The van der Waals surface area contributed by atoms with Gasteiger partial charge in [-0.3, -0.25) is 4.90 Å². The first-order chi connectivity index (χ1) is 11.5. The Kier molecular flexibility index (Phi) is 3.62. The first-order valence-corrected chi connectivity index (χ1v) is 7.12. The number of carbonyl (C=O) groups excluding carboxylic acids is 2. The number of rotatable bonds is 2. The van der Waals surface area contributed by atoms with E-state index in [2.05, 4.69) is 5.32 Å². The van der Waals surface area contributed by atoms with Crippen LogP contribution in [0, 0.1) is 11.3 Å². The molecule has 1 aliphatic rings. The van der Waals surface area contributed by atoms with Crippen molar-refractivity contribution in [3.63, 3.8) is 0 Å². The summed E-state index contributed by atoms with van der Waals surface area (Å²) in [4.78, 5) is 25.3. The van der Waals surface area contributed by atoms with Gasteiger partial charge in [-0.2, -0.15) is 5.26 Å². The summed E-state index contributed by atoms with van der Waals surface area (Å²) in [5, 5.41) is 11.9. The Hall–Kier alpha value is -3.47. The number of nitriles is 1. The Labute approximate surface area is 138 Å². The second-order valence-electron chi connectivity index (χ2n) is 5.31. The van der Waals surface area contributed by atoms with Crippen molar-refractivity contribution in [2.75, 3.05) is 24.8 Å². The SMILES string of the molecule is COC(=O)c1c(N)c(C#N)cn1-c1ccc2c(c1)N(C)C(=O)NC2. The van der Waals surface area contributed by atoms with Crippen molar-refractivity contribution < 1.29 is 14.3 Å². The summed E-state index contributed by atoms with van der Waals surface area (Å²) in [5.74, 6) is -0.641. The number of hydrogen-bond donors (Lipinski definition) is 2. The normalized spacial score (nSPS) is 13.0. The highest BCUT2D eigenvalue weighted by molar-refractivity contribution is 5.97. The number of benzene rings is 1. The van der Waals surface area contributed by atoms with Crippen molar-refractivity contribution in [1.82, 2.24) is 9.88 Å². The fourth-order valence-corrected chi connectivity index (χ4v) is 2.68. The minimum Gasteiger partial charge on any atom is -0.464 e. The molecule has 0 saturated heterocycles. The summed E-state index contributed by atoms with van der Waals surface area (Å²) < 4.78 is 6.26. The molecular formula is C16H15N5O3. The third-order valence-corrected chi connectivity index (χ3v) is 3.99. The van der Waals surface area contributed by atoms with Gasteiger partial charge in [-0.25, -0.2) is 9.59 Å².